The fraction of sp³-hybridized carbons (Fsp3) is 0.316. The number of benzene rings is 2. The fourth-order valence-electron chi connectivity index (χ4n) is 2.52. The van der Waals surface area contributed by atoms with Gasteiger partial charge in [0.2, 0.25) is 0 Å². The summed E-state index contributed by atoms with van der Waals surface area (Å²) in [7, 11) is 1.57. The lowest BCUT2D eigenvalue weighted by Crippen LogP contribution is -3.00. The summed E-state index contributed by atoms with van der Waals surface area (Å²) in [5.41, 5.74) is 1.38. The average Bonchev–Trinajstić information content (AvgIpc) is 2.61. The zero-order valence-corrected chi connectivity index (χ0v) is 15.1. The van der Waals surface area contributed by atoms with Gasteiger partial charge in [0.05, 0.1) is 20.1 Å². The van der Waals surface area contributed by atoms with Crippen molar-refractivity contribution >= 4 is 5.78 Å². The molecular weight excluding hydrogens is 342 g/mol. The van der Waals surface area contributed by atoms with Crippen LogP contribution in [0.25, 0.3) is 0 Å². The van der Waals surface area contributed by atoms with Gasteiger partial charge in [-0.2, -0.15) is 0 Å². The number of aliphatic hydroxyl groups is 1. The Morgan fingerprint density at radius 1 is 1.20 bits per heavy atom. The molecule has 25 heavy (non-hydrogen) atoms. The highest BCUT2D eigenvalue weighted by Crippen LogP contribution is 2.18. The Hall–Kier alpha value is -2.08. The van der Waals surface area contributed by atoms with Crippen LogP contribution in [0.4, 0.5) is 0 Å². The van der Waals surface area contributed by atoms with Crippen molar-refractivity contribution in [2.24, 2.45) is 0 Å². The zero-order chi connectivity index (χ0) is 17.5. The van der Waals surface area contributed by atoms with Gasteiger partial charge in [0, 0.05) is 5.56 Å². The molecule has 4 N–H and O–H groups in total. The predicted octanol–water partition coefficient (Wildman–Crippen LogP) is -1.34. The number of ether oxygens (including phenoxy) is 1. The Morgan fingerprint density at radius 3 is 2.52 bits per heavy atom. The van der Waals surface area contributed by atoms with Crippen LogP contribution >= 0.6 is 0 Å². The largest absolute Gasteiger partial charge is 1.00 e. The normalized spacial score (nSPS) is 12.8. The number of hydrogen-bond acceptors (Lipinski definition) is 4. The molecule has 0 amide bonds. The fourth-order valence-corrected chi connectivity index (χ4v) is 2.52. The van der Waals surface area contributed by atoms with E-state index >= 15 is 0 Å². The van der Waals surface area contributed by atoms with E-state index in [-0.39, 0.29) is 30.0 Å². The predicted molar refractivity (Wildman–Crippen MR) is 91.3 cm³/mol. The van der Waals surface area contributed by atoms with Crippen molar-refractivity contribution in [1.29, 1.82) is 0 Å². The SMILES string of the molecule is COc1cccc(C(=O)CC[NH2+]C(C)C(O)c2ccc(O)cc2)c1.[Cl-]. The number of phenolic OH excluding ortho intramolecular Hbond substituents is 1. The maximum Gasteiger partial charge on any atom is 0.168 e. The highest BCUT2D eigenvalue weighted by molar-refractivity contribution is 5.96. The molecule has 2 rings (SSSR count). The first kappa shape index (κ1) is 21.0. The molecule has 0 spiro atoms. The number of carbonyl (C=O) groups excluding carboxylic acids is 1. The van der Waals surface area contributed by atoms with Gasteiger partial charge in [0.1, 0.15) is 23.6 Å². The summed E-state index contributed by atoms with van der Waals surface area (Å²) in [6.07, 6.45) is -0.266. The van der Waals surface area contributed by atoms with E-state index in [2.05, 4.69) is 0 Å². The lowest BCUT2D eigenvalue weighted by atomic mass is 10.0. The van der Waals surface area contributed by atoms with Crippen LogP contribution in [0, 0.1) is 0 Å². The van der Waals surface area contributed by atoms with Crippen LogP contribution in [-0.4, -0.2) is 35.7 Å². The van der Waals surface area contributed by atoms with E-state index in [0.29, 0.717) is 24.3 Å². The van der Waals surface area contributed by atoms with Gasteiger partial charge in [-0.05, 0) is 36.8 Å². The quantitative estimate of drug-likeness (QED) is 0.506. The Morgan fingerprint density at radius 2 is 1.88 bits per heavy atom. The maximum absolute atomic E-state index is 12.2. The van der Waals surface area contributed by atoms with Crippen molar-refractivity contribution < 1.29 is 37.5 Å². The Labute approximate surface area is 154 Å². The zero-order valence-electron chi connectivity index (χ0n) is 14.4. The molecule has 2 aromatic rings. The first-order valence-corrected chi connectivity index (χ1v) is 7.99. The molecule has 0 saturated carbocycles. The van der Waals surface area contributed by atoms with E-state index in [1.807, 2.05) is 12.2 Å². The first-order chi connectivity index (χ1) is 11.5. The molecule has 136 valence electrons. The third-order valence-corrected chi connectivity index (χ3v) is 4.03. The van der Waals surface area contributed by atoms with Crippen LogP contribution in [-0.2, 0) is 0 Å². The van der Waals surface area contributed by atoms with Crippen LogP contribution in [0.1, 0.15) is 35.4 Å². The van der Waals surface area contributed by atoms with E-state index in [1.165, 1.54) is 0 Å². The number of aromatic hydroxyl groups is 1. The molecule has 0 saturated heterocycles. The summed E-state index contributed by atoms with van der Waals surface area (Å²) >= 11 is 0. The van der Waals surface area contributed by atoms with Crippen LogP contribution in [0.2, 0.25) is 0 Å². The van der Waals surface area contributed by atoms with Crippen molar-refractivity contribution in [3.63, 3.8) is 0 Å². The molecule has 6 heteroatoms. The smallest absolute Gasteiger partial charge is 0.168 e. The number of methoxy groups -OCH3 is 1. The number of quaternary nitrogens is 1. The van der Waals surface area contributed by atoms with Gasteiger partial charge < -0.3 is 32.7 Å². The number of carbonyl (C=O) groups is 1. The molecule has 5 nitrogen and oxygen atoms in total. The van der Waals surface area contributed by atoms with Gasteiger partial charge >= 0.3 is 0 Å². The minimum Gasteiger partial charge on any atom is -1.00 e. The molecule has 0 heterocycles. The van der Waals surface area contributed by atoms with E-state index in [0.717, 1.165) is 5.56 Å². The Balaban J connectivity index is 0.00000312. The molecule has 0 radical (unpaired) electrons. The lowest BCUT2D eigenvalue weighted by molar-refractivity contribution is -0.693. The van der Waals surface area contributed by atoms with Gasteiger partial charge in [0.25, 0.3) is 0 Å². The van der Waals surface area contributed by atoms with E-state index < -0.39 is 6.10 Å². The average molecular weight is 366 g/mol. The van der Waals surface area contributed by atoms with Crippen molar-refractivity contribution in [2.45, 2.75) is 25.5 Å². The number of phenols is 1. The van der Waals surface area contributed by atoms with Crippen LogP contribution in [0.15, 0.2) is 48.5 Å². The van der Waals surface area contributed by atoms with E-state index in [4.69, 9.17) is 4.74 Å². The van der Waals surface area contributed by atoms with Crippen LogP contribution < -0.4 is 22.5 Å². The minimum atomic E-state index is -0.655. The molecule has 0 aliphatic carbocycles. The van der Waals surface area contributed by atoms with Crippen LogP contribution in [0.5, 0.6) is 11.5 Å². The van der Waals surface area contributed by atoms with Gasteiger partial charge in [-0.15, -0.1) is 0 Å². The van der Waals surface area contributed by atoms with E-state index in [9.17, 15) is 15.0 Å². The molecule has 0 aliphatic heterocycles. The lowest BCUT2D eigenvalue weighted by Gasteiger charge is -2.17. The molecular formula is C19H24ClNO4. The second-order valence-corrected chi connectivity index (χ2v) is 5.82. The molecule has 0 bridgehead atoms. The monoisotopic (exact) mass is 365 g/mol. The number of nitrogens with two attached hydrogens (primary N) is 1. The second-order valence-electron chi connectivity index (χ2n) is 5.82. The summed E-state index contributed by atoms with van der Waals surface area (Å²) in [5, 5.41) is 21.6. The van der Waals surface area contributed by atoms with Gasteiger partial charge in [-0.25, -0.2) is 0 Å². The topological polar surface area (TPSA) is 83.4 Å². The number of rotatable bonds is 8. The van der Waals surface area contributed by atoms with Crippen LogP contribution in [0.3, 0.4) is 0 Å². The number of hydrogen-bond donors (Lipinski definition) is 3. The summed E-state index contributed by atoms with van der Waals surface area (Å²) in [6, 6.07) is 13.5. The van der Waals surface area contributed by atoms with Crippen molar-refractivity contribution in [3.8, 4) is 11.5 Å². The summed E-state index contributed by atoms with van der Waals surface area (Å²) < 4.78 is 5.13. The number of Topliss-reactive ketones (excluding diaryl/α,β-unsaturated/α-hetero) is 1. The molecule has 2 aromatic carbocycles. The molecule has 0 aliphatic rings. The standard InChI is InChI=1S/C19H23NO4.ClH/c1-13(19(23)14-6-8-16(21)9-7-14)20-11-10-18(22)15-4-3-5-17(12-15)24-2;/h3-9,12-13,19-21,23H,10-11H2,1-2H3;1H. The summed E-state index contributed by atoms with van der Waals surface area (Å²) in [4.78, 5) is 12.2. The molecule has 2 atom stereocenters. The van der Waals surface area contributed by atoms with Gasteiger partial charge in [-0.1, -0.05) is 24.3 Å². The Kier molecular flexibility index (Phi) is 8.41. The maximum atomic E-state index is 12.2. The van der Waals surface area contributed by atoms with Gasteiger partial charge in [-0.3, -0.25) is 4.79 Å². The summed E-state index contributed by atoms with van der Waals surface area (Å²) in [6.45, 7) is 2.50. The molecule has 0 aromatic heterocycles. The number of halogens is 1. The van der Waals surface area contributed by atoms with E-state index in [1.54, 1.807) is 55.6 Å². The van der Waals surface area contributed by atoms with Gasteiger partial charge in [0.15, 0.2) is 5.78 Å². The first-order valence-electron chi connectivity index (χ1n) is 7.99. The van der Waals surface area contributed by atoms with Crippen molar-refractivity contribution in [1.82, 2.24) is 0 Å². The highest BCUT2D eigenvalue weighted by Gasteiger charge is 2.19. The summed E-state index contributed by atoms with van der Waals surface area (Å²) in [5.74, 6) is 0.892. The third kappa shape index (κ3) is 6.05. The number of ketones is 1. The molecule has 0 fully saturated rings. The minimum absolute atomic E-state index is 0. The van der Waals surface area contributed by atoms with Crippen molar-refractivity contribution in [2.75, 3.05) is 13.7 Å². The number of aliphatic hydroxyl groups excluding tert-OH is 1. The molecule has 2 unspecified atom stereocenters. The Bertz CT molecular complexity index is 675. The highest BCUT2D eigenvalue weighted by atomic mass is 35.5. The van der Waals surface area contributed by atoms with Crippen molar-refractivity contribution in [3.05, 3.63) is 59.7 Å². The third-order valence-electron chi connectivity index (χ3n) is 4.03. The second kappa shape index (κ2) is 10.0.